The summed E-state index contributed by atoms with van der Waals surface area (Å²) in [6, 6.07) is 1.30. The van der Waals surface area contributed by atoms with Crippen LogP contribution in [0, 0.1) is 5.92 Å². The standard InChI is InChI=1S/C12H24N2/c1-10-4-2-6-12(8-10)14-7-3-5-11(13)9-14/h10-12H,2-9,13H2,1H3. The summed E-state index contributed by atoms with van der Waals surface area (Å²) in [5, 5.41) is 0. The molecule has 2 nitrogen and oxygen atoms in total. The largest absolute Gasteiger partial charge is 0.327 e. The number of hydrogen-bond donors (Lipinski definition) is 1. The Bertz CT molecular complexity index is 161. The summed E-state index contributed by atoms with van der Waals surface area (Å²) >= 11 is 0. The SMILES string of the molecule is CC1CCCC(N2CCCC(N)C2)C1. The van der Waals surface area contributed by atoms with Gasteiger partial charge in [0.05, 0.1) is 0 Å². The van der Waals surface area contributed by atoms with Crippen LogP contribution < -0.4 is 5.73 Å². The smallest absolute Gasteiger partial charge is 0.0168 e. The van der Waals surface area contributed by atoms with Gasteiger partial charge in [0, 0.05) is 18.6 Å². The van der Waals surface area contributed by atoms with E-state index >= 15 is 0 Å². The monoisotopic (exact) mass is 196 g/mol. The Morgan fingerprint density at radius 3 is 2.71 bits per heavy atom. The number of rotatable bonds is 1. The highest BCUT2D eigenvalue weighted by molar-refractivity contribution is 4.84. The van der Waals surface area contributed by atoms with Crippen molar-refractivity contribution in [1.82, 2.24) is 4.90 Å². The van der Waals surface area contributed by atoms with Crippen LogP contribution in [0.3, 0.4) is 0 Å². The third kappa shape index (κ3) is 2.48. The van der Waals surface area contributed by atoms with Crippen molar-refractivity contribution in [3.8, 4) is 0 Å². The van der Waals surface area contributed by atoms with Gasteiger partial charge in [-0.3, -0.25) is 4.90 Å². The minimum absolute atomic E-state index is 0.445. The minimum atomic E-state index is 0.445. The highest BCUT2D eigenvalue weighted by atomic mass is 15.2. The fourth-order valence-electron chi connectivity index (χ4n) is 3.11. The highest BCUT2D eigenvalue weighted by Gasteiger charge is 2.27. The van der Waals surface area contributed by atoms with E-state index < -0.39 is 0 Å². The zero-order chi connectivity index (χ0) is 9.97. The molecule has 2 fully saturated rings. The Balaban J connectivity index is 1.86. The maximum atomic E-state index is 6.02. The van der Waals surface area contributed by atoms with E-state index in [0.29, 0.717) is 6.04 Å². The van der Waals surface area contributed by atoms with Crippen molar-refractivity contribution in [1.29, 1.82) is 0 Å². The van der Waals surface area contributed by atoms with E-state index in [1.165, 1.54) is 45.1 Å². The summed E-state index contributed by atoms with van der Waals surface area (Å²) in [5.41, 5.74) is 6.02. The summed E-state index contributed by atoms with van der Waals surface area (Å²) in [6.45, 7) is 4.85. The van der Waals surface area contributed by atoms with Crippen molar-refractivity contribution in [2.45, 2.75) is 57.5 Å². The second kappa shape index (κ2) is 4.63. The van der Waals surface area contributed by atoms with Crippen LogP contribution in [-0.2, 0) is 0 Å². The first kappa shape index (κ1) is 10.4. The molecule has 0 spiro atoms. The van der Waals surface area contributed by atoms with E-state index in [0.717, 1.165) is 18.5 Å². The molecule has 2 aliphatic rings. The Morgan fingerprint density at radius 1 is 1.14 bits per heavy atom. The first-order chi connectivity index (χ1) is 6.75. The van der Waals surface area contributed by atoms with Gasteiger partial charge in [0.1, 0.15) is 0 Å². The molecule has 0 aromatic rings. The maximum absolute atomic E-state index is 6.02. The third-order valence-electron chi connectivity index (χ3n) is 3.91. The van der Waals surface area contributed by atoms with E-state index in [-0.39, 0.29) is 0 Å². The molecule has 1 aliphatic heterocycles. The zero-order valence-corrected chi connectivity index (χ0v) is 9.41. The average molecular weight is 196 g/mol. The van der Waals surface area contributed by atoms with Gasteiger partial charge in [0.2, 0.25) is 0 Å². The van der Waals surface area contributed by atoms with E-state index in [1.807, 2.05) is 0 Å². The van der Waals surface area contributed by atoms with Crippen molar-refractivity contribution in [2.75, 3.05) is 13.1 Å². The van der Waals surface area contributed by atoms with Gasteiger partial charge in [0.25, 0.3) is 0 Å². The van der Waals surface area contributed by atoms with Crippen LogP contribution >= 0.6 is 0 Å². The number of likely N-dealkylation sites (tertiary alicyclic amines) is 1. The van der Waals surface area contributed by atoms with E-state index in [1.54, 1.807) is 0 Å². The Labute approximate surface area is 87.8 Å². The summed E-state index contributed by atoms with van der Waals surface area (Å²) in [4.78, 5) is 2.66. The molecule has 1 saturated heterocycles. The lowest BCUT2D eigenvalue weighted by Crippen LogP contribution is -2.48. The third-order valence-corrected chi connectivity index (χ3v) is 3.91. The highest BCUT2D eigenvalue weighted by Crippen LogP contribution is 2.28. The molecule has 2 rings (SSSR count). The normalized spacial score (nSPS) is 41.1. The lowest BCUT2D eigenvalue weighted by Gasteiger charge is -2.40. The molecular formula is C12H24N2. The van der Waals surface area contributed by atoms with Crippen LogP contribution in [0.15, 0.2) is 0 Å². The van der Waals surface area contributed by atoms with Crippen molar-refractivity contribution in [3.05, 3.63) is 0 Å². The lowest BCUT2D eigenvalue weighted by atomic mass is 9.85. The zero-order valence-electron chi connectivity index (χ0n) is 9.41. The molecule has 14 heavy (non-hydrogen) atoms. The van der Waals surface area contributed by atoms with Gasteiger partial charge in [-0.15, -0.1) is 0 Å². The molecular weight excluding hydrogens is 172 g/mol. The van der Waals surface area contributed by atoms with Gasteiger partial charge in [0.15, 0.2) is 0 Å². The second-order valence-electron chi connectivity index (χ2n) is 5.32. The predicted octanol–water partition coefficient (Wildman–Crippen LogP) is 1.99. The number of piperidine rings is 1. The first-order valence-corrected chi connectivity index (χ1v) is 6.25. The minimum Gasteiger partial charge on any atom is -0.327 e. The van der Waals surface area contributed by atoms with Gasteiger partial charge in [-0.1, -0.05) is 19.8 Å². The van der Waals surface area contributed by atoms with Gasteiger partial charge in [-0.2, -0.15) is 0 Å². The molecule has 0 amide bonds. The molecule has 0 radical (unpaired) electrons. The summed E-state index contributed by atoms with van der Waals surface area (Å²) in [5.74, 6) is 0.937. The number of nitrogens with two attached hydrogens (primary N) is 1. The van der Waals surface area contributed by atoms with Gasteiger partial charge in [-0.05, 0) is 38.1 Å². The van der Waals surface area contributed by atoms with Gasteiger partial charge < -0.3 is 5.73 Å². The fourth-order valence-corrected chi connectivity index (χ4v) is 3.11. The second-order valence-corrected chi connectivity index (χ2v) is 5.32. The van der Waals surface area contributed by atoms with Gasteiger partial charge in [-0.25, -0.2) is 0 Å². The topological polar surface area (TPSA) is 29.3 Å². The molecule has 1 heterocycles. The van der Waals surface area contributed by atoms with Crippen molar-refractivity contribution in [2.24, 2.45) is 11.7 Å². The fraction of sp³-hybridized carbons (Fsp3) is 1.00. The van der Waals surface area contributed by atoms with Crippen LogP contribution in [0.2, 0.25) is 0 Å². The summed E-state index contributed by atoms with van der Waals surface area (Å²) < 4.78 is 0. The molecule has 3 atom stereocenters. The first-order valence-electron chi connectivity index (χ1n) is 6.25. The Hall–Kier alpha value is -0.0800. The molecule has 1 saturated carbocycles. The van der Waals surface area contributed by atoms with Gasteiger partial charge >= 0.3 is 0 Å². The number of hydrogen-bond acceptors (Lipinski definition) is 2. The van der Waals surface area contributed by atoms with Crippen molar-refractivity contribution >= 4 is 0 Å². The Morgan fingerprint density at radius 2 is 2.00 bits per heavy atom. The maximum Gasteiger partial charge on any atom is 0.0168 e. The molecule has 82 valence electrons. The summed E-state index contributed by atoms with van der Waals surface area (Å²) in [6.07, 6.45) is 8.24. The van der Waals surface area contributed by atoms with Crippen molar-refractivity contribution in [3.63, 3.8) is 0 Å². The van der Waals surface area contributed by atoms with Crippen LogP contribution in [0.4, 0.5) is 0 Å². The van der Waals surface area contributed by atoms with Crippen LogP contribution in [-0.4, -0.2) is 30.1 Å². The molecule has 0 aromatic carbocycles. The van der Waals surface area contributed by atoms with Crippen LogP contribution in [0.1, 0.15) is 45.4 Å². The van der Waals surface area contributed by atoms with Crippen LogP contribution in [0.25, 0.3) is 0 Å². The Kier molecular flexibility index (Phi) is 3.45. The lowest BCUT2D eigenvalue weighted by molar-refractivity contribution is 0.104. The quantitative estimate of drug-likeness (QED) is 0.695. The van der Waals surface area contributed by atoms with Crippen molar-refractivity contribution < 1.29 is 0 Å². The summed E-state index contributed by atoms with van der Waals surface area (Å²) in [7, 11) is 0. The molecule has 1 aliphatic carbocycles. The van der Waals surface area contributed by atoms with E-state index in [9.17, 15) is 0 Å². The van der Waals surface area contributed by atoms with E-state index in [4.69, 9.17) is 5.73 Å². The predicted molar refractivity (Wildman–Crippen MR) is 60.2 cm³/mol. The molecule has 2 heteroatoms. The molecule has 3 unspecified atom stereocenters. The van der Waals surface area contributed by atoms with Crippen LogP contribution in [0.5, 0.6) is 0 Å². The molecule has 0 bridgehead atoms. The molecule has 0 aromatic heterocycles. The molecule has 2 N–H and O–H groups in total. The van der Waals surface area contributed by atoms with E-state index in [2.05, 4.69) is 11.8 Å². The average Bonchev–Trinajstić information content (AvgIpc) is 2.18. The number of nitrogens with zero attached hydrogens (tertiary/aromatic N) is 1.